The lowest BCUT2D eigenvalue weighted by Crippen LogP contribution is -2.31. The first-order valence-corrected chi connectivity index (χ1v) is 6.57. The molecule has 3 nitrogen and oxygen atoms in total. The Morgan fingerprint density at radius 3 is 2.79 bits per heavy atom. The van der Waals surface area contributed by atoms with Crippen LogP contribution < -0.4 is 0 Å². The van der Waals surface area contributed by atoms with E-state index >= 15 is 0 Å². The van der Waals surface area contributed by atoms with E-state index in [4.69, 9.17) is 14.2 Å². The molecule has 3 rings (SSSR count). The van der Waals surface area contributed by atoms with E-state index in [1.807, 2.05) is 11.8 Å². The van der Waals surface area contributed by atoms with E-state index in [1.54, 1.807) is 0 Å². The molecule has 3 fully saturated rings. The molecule has 5 unspecified atom stereocenters. The first-order valence-electron chi connectivity index (χ1n) is 5.28. The topological polar surface area (TPSA) is 31.0 Å². The van der Waals surface area contributed by atoms with Gasteiger partial charge in [0, 0.05) is 11.7 Å². The lowest BCUT2D eigenvalue weighted by molar-refractivity contribution is -0.00634. The fraction of sp³-hybridized carbons (Fsp3) is 1.00. The second-order valence-electron chi connectivity index (χ2n) is 4.29. The average molecular weight is 216 g/mol. The highest BCUT2D eigenvalue weighted by Gasteiger charge is 2.47. The SMILES string of the molecule is CSC1CC2OC1CC2OCC1CO1. The fourth-order valence-electron chi connectivity index (χ4n) is 2.39. The highest BCUT2D eigenvalue weighted by atomic mass is 32.2. The molecular weight excluding hydrogens is 200 g/mol. The van der Waals surface area contributed by atoms with Gasteiger partial charge in [-0.1, -0.05) is 0 Å². The standard InChI is InChI=1S/C10H16O3S/c1-14-10-3-8-7(2-9(10)13-8)12-5-6-4-11-6/h6-10H,2-5H2,1H3. The Morgan fingerprint density at radius 1 is 1.36 bits per heavy atom. The first kappa shape index (κ1) is 9.46. The summed E-state index contributed by atoms with van der Waals surface area (Å²) in [7, 11) is 0. The molecule has 0 saturated carbocycles. The van der Waals surface area contributed by atoms with Gasteiger partial charge in [-0.25, -0.2) is 0 Å². The zero-order valence-corrected chi connectivity index (χ0v) is 9.16. The molecule has 80 valence electrons. The van der Waals surface area contributed by atoms with Gasteiger partial charge < -0.3 is 14.2 Å². The highest BCUT2D eigenvalue weighted by molar-refractivity contribution is 7.99. The minimum Gasteiger partial charge on any atom is -0.373 e. The molecule has 0 aliphatic carbocycles. The normalized spacial score (nSPS) is 49.9. The van der Waals surface area contributed by atoms with Gasteiger partial charge in [0.25, 0.3) is 0 Å². The average Bonchev–Trinajstić information content (AvgIpc) is 2.84. The van der Waals surface area contributed by atoms with Crippen LogP contribution in [0.15, 0.2) is 0 Å². The summed E-state index contributed by atoms with van der Waals surface area (Å²) in [6, 6.07) is 0. The zero-order chi connectivity index (χ0) is 9.54. The van der Waals surface area contributed by atoms with Gasteiger partial charge in [0.15, 0.2) is 0 Å². The van der Waals surface area contributed by atoms with Gasteiger partial charge in [0.2, 0.25) is 0 Å². The Hall–Kier alpha value is 0.230. The van der Waals surface area contributed by atoms with Crippen molar-refractivity contribution in [1.82, 2.24) is 0 Å². The summed E-state index contributed by atoms with van der Waals surface area (Å²) in [6.07, 6.45) is 5.95. The fourth-order valence-corrected chi connectivity index (χ4v) is 3.26. The predicted octanol–water partition coefficient (Wildman–Crippen LogP) is 1.06. The minimum absolute atomic E-state index is 0.340. The van der Waals surface area contributed by atoms with Gasteiger partial charge in [-0.2, -0.15) is 11.8 Å². The lowest BCUT2D eigenvalue weighted by atomic mass is 9.97. The van der Waals surface area contributed by atoms with Crippen LogP contribution in [0.5, 0.6) is 0 Å². The Kier molecular flexibility index (Phi) is 2.48. The monoisotopic (exact) mass is 216 g/mol. The van der Waals surface area contributed by atoms with Crippen LogP contribution >= 0.6 is 11.8 Å². The number of ether oxygens (including phenoxy) is 3. The van der Waals surface area contributed by atoms with E-state index in [2.05, 4.69) is 6.26 Å². The number of epoxide rings is 1. The third-order valence-corrected chi connectivity index (χ3v) is 4.41. The predicted molar refractivity (Wildman–Crippen MR) is 54.7 cm³/mol. The van der Waals surface area contributed by atoms with Crippen LogP contribution in [0.25, 0.3) is 0 Å². The van der Waals surface area contributed by atoms with Crippen molar-refractivity contribution < 1.29 is 14.2 Å². The molecule has 2 bridgehead atoms. The van der Waals surface area contributed by atoms with E-state index < -0.39 is 0 Å². The number of hydrogen-bond acceptors (Lipinski definition) is 4. The molecule has 0 spiro atoms. The van der Waals surface area contributed by atoms with Crippen molar-refractivity contribution in [3.63, 3.8) is 0 Å². The van der Waals surface area contributed by atoms with Crippen molar-refractivity contribution in [2.45, 2.75) is 42.5 Å². The van der Waals surface area contributed by atoms with Gasteiger partial charge in [-0.15, -0.1) is 0 Å². The van der Waals surface area contributed by atoms with Crippen LogP contribution in [0.1, 0.15) is 12.8 Å². The molecule has 3 saturated heterocycles. The molecule has 5 atom stereocenters. The molecule has 0 radical (unpaired) electrons. The summed E-state index contributed by atoms with van der Waals surface area (Å²) in [4.78, 5) is 0. The van der Waals surface area contributed by atoms with Crippen LogP contribution in [0.4, 0.5) is 0 Å². The van der Waals surface area contributed by atoms with Crippen molar-refractivity contribution in [1.29, 1.82) is 0 Å². The zero-order valence-electron chi connectivity index (χ0n) is 8.35. The summed E-state index contributed by atoms with van der Waals surface area (Å²) in [5.74, 6) is 0. The molecule has 0 amide bonds. The number of rotatable bonds is 4. The minimum atomic E-state index is 0.340. The maximum absolute atomic E-state index is 5.85. The van der Waals surface area contributed by atoms with Gasteiger partial charge in [0.05, 0.1) is 31.5 Å². The second kappa shape index (κ2) is 3.67. The molecular formula is C10H16O3S. The maximum Gasteiger partial charge on any atom is 0.104 e. The van der Waals surface area contributed by atoms with Gasteiger partial charge in [-0.05, 0) is 12.7 Å². The highest BCUT2D eigenvalue weighted by Crippen LogP contribution is 2.41. The van der Waals surface area contributed by atoms with Crippen molar-refractivity contribution in [2.24, 2.45) is 0 Å². The van der Waals surface area contributed by atoms with Crippen LogP contribution in [0.2, 0.25) is 0 Å². The van der Waals surface area contributed by atoms with Crippen LogP contribution in [0.3, 0.4) is 0 Å². The van der Waals surface area contributed by atoms with Crippen molar-refractivity contribution >= 4 is 11.8 Å². The van der Waals surface area contributed by atoms with Crippen LogP contribution in [-0.2, 0) is 14.2 Å². The summed E-state index contributed by atoms with van der Waals surface area (Å²) in [5.41, 5.74) is 0. The number of hydrogen-bond donors (Lipinski definition) is 0. The first-order chi connectivity index (χ1) is 6.86. The van der Waals surface area contributed by atoms with Gasteiger partial charge in [0.1, 0.15) is 6.10 Å². The van der Waals surface area contributed by atoms with Crippen molar-refractivity contribution in [3.05, 3.63) is 0 Å². The van der Waals surface area contributed by atoms with Crippen molar-refractivity contribution in [2.75, 3.05) is 19.5 Å². The summed E-state index contributed by atoms with van der Waals surface area (Å²) >= 11 is 1.93. The summed E-state index contributed by atoms with van der Waals surface area (Å²) in [6.45, 7) is 1.65. The quantitative estimate of drug-likeness (QED) is 0.658. The van der Waals surface area contributed by atoms with Crippen LogP contribution in [0, 0.1) is 0 Å². The molecule has 0 aromatic heterocycles. The Balaban J connectivity index is 1.49. The Labute approximate surface area is 88.5 Å². The van der Waals surface area contributed by atoms with Crippen LogP contribution in [-0.4, -0.2) is 49.1 Å². The molecule has 14 heavy (non-hydrogen) atoms. The van der Waals surface area contributed by atoms with E-state index in [0.29, 0.717) is 29.7 Å². The molecule has 4 heteroatoms. The molecule has 3 heterocycles. The van der Waals surface area contributed by atoms with E-state index in [0.717, 1.165) is 19.6 Å². The summed E-state index contributed by atoms with van der Waals surface area (Å²) < 4.78 is 16.8. The third kappa shape index (κ3) is 1.69. The molecule has 0 aromatic carbocycles. The Morgan fingerprint density at radius 2 is 2.21 bits per heavy atom. The number of thioether (sulfide) groups is 1. The van der Waals surface area contributed by atoms with E-state index in [9.17, 15) is 0 Å². The summed E-state index contributed by atoms with van der Waals surface area (Å²) in [5, 5.41) is 0.706. The third-order valence-electron chi connectivity index (χ3n) is 3.31. The van der Waals surface area contributed by atoms with Gasteiger partial charge in [-0.3, -0.25) is 0 Å². The molecule has 3 aliphatic heterocycles. The van der Waals surface area contributed by atoms with E-state index in [-0.39, 0.29) is 0 Å². The lowest BCUT2D eigenvalue weighted by Gasteiger charge is -2.23. The Bertz CT molecular complexity index is 219. The molecule has 0 aromatic rings. The largest absolute Gasteiger partial charge is 0.373 e. The number of fused-ring (bicyclic) bond motifs is 2. The molecule has 0 N–H and O–H groups in total. The maximum atomic E-state index is 5.85. The van der Waals surface area contributed by atoms with E-state index in [1.165, 1.54) is 6.42 Å². The second-order valence-corrected chi connectivity index (χ2v) is 5.36. The smallest absolute Gasteiger partial charge is 0.104 e. The van der Waals surface area contributed by atoms with Gasteiger partial charge >= 0.3 is 0 Å². The molecule has 3 aliphatic rings. The van der Waals surface area contributed by atoms with Crippen molar-refractivity contribution in [3.8, 4) is 0 Å².